The van der Waals surface area contributed by atoms with E-state index in [1.165, 1.54) is 6.92 Å². The lowest BCUT2D eigenvalue weighted by Gasteiger charge is -2.09. The van der Waals surface area contributed by atoms with E-state index in [2.05, 4.69) is 6.92 Å². The average Bonchev–Trinajstić information content (AvgIpc) is 2.02. The molecule has 0 saturated heterocycles. The molecule has 0 rings (SSSR count). The van der Waals surface area contributed by atoms with Crippen molar-refractivity contribution in [1.29, 1.82) is 0 Å². The van der Waals surface area contributed by atoms with Gasteiger partial charge in [0.2, 0.25) is 6.54 Å². The van der Waals surface area contributed by atoms with E-state index in [9.17, 15) is 14.9 Å². The van der Waals surface area contributed by atoms with Crippen molar-refractivity contribution >= 4 is 5.78 Å². The summed E-state index contributed by atoms with van der Waals surface area (Å²) in [6, 6.07) is 0. The summed E-state index contributed by atoms with van der Waals surface area (Å²) >= 11 is 0. The SMILES string of the molecule is CCCCCC(CC(C)=O)C[N+](=O)[O-]. The van der Waals surface area contributed by atoms with Crippen molar-refractivity contribution in [3.05, 3.63) is 10.1 Å². The van der Waals surface area contributed by atoms with Crippen LogP contribution in [-0.2, 0) is 4.79 Å². The summed E-state index contributed by atoms with van der Waals surface area (Å²) in [6.45, 7) is 3.52. The highest BCUT2D eigenvalue weighted by Crippen LogP contribution is 2.14. The number of hydrogen-bond acceptors (Lipinski definition) is 3. The minimum atomic E-state index is -0.320. The summed E-state index contributed by atoms with van der Waals surface area (Å²) < 4.78 is 0. The van der Waals surface area contributed by atoms with Crippen molar-refractivity contribution in [3.63, 3.8) is 0 Å². The predicted octanol–water partition coefficient (Wildman–Crippen LogP) is 2.44. The van der Waals surface area contributed by atoms with E-state index in [1.807, 2.05) is 0 Å². The van der Waals surface area contributed by atoms with Gasteiger partial charge in [-0.2, -0.15) is 0 Å². The van der Waals surface area contributed by atoms with Gasteiger partial charge in [-0.25, -0.2) is 0 Å². The zero-order chi connectivity index (χ0) is 11.0. The second-order valence-electron chi connectivity index (χ2n) is 3.78. The highest BCUT2D eigenvalue weighted by molar-refractivity contribution is 5.75. The summed E-state index contributed by atoms with van der Waals surface area (Å²) in [5.41, 5.74) is 0. The van der Waals surface area contributed by atoms with Crippen molar-refractivity contribution in [3.8, 4) is 0 Å². The molecule has 0 amide bonds. The zero-order valence-electron chi connectivity index (χ0n) is 8.99. The van der Waals surface area contributed by atoms with Gasteiger partial charge in [-0.1, -0.05) is 26.2 Å². The molecule has 0 aliphatic carbocycles. The van der Waals surface area contributed by atoms with E-state index in [-0.39, 0.29) is 23.2 Å². The van der Waals surface area contributed by atoms with E-state index in [0.717, 1.165) is 25.7 Å². The van der Waals surface area contributed by atoms with Crippen LogP contribution >= 0.6 is 0 Å². The number of ketones is 1. The third-order valence-corrected chi connectivity index (χ3v) is 2.20. The molecule has 4 nitrogen and oxygen atoms in total. The Labute approximate surface area is 84.8 Å². The van der Waals surface area contributed by atoms with Gasteiger partial charge in [0.25, 0.3) is 0 Å². The standard InChI is InChI=1S/C10H19NO3/c1-3-4-5-6-10(7-9(2)12)8-11(13)14/h10H,3-8H2,1-2H3. The van der Waals surface area contributed by atoms with Gasteiger partial charge in [-0.15, -0.1) is 0 Å². The molecule has 0 N–H and O–H groups in total. The van der Waals surface area contributed by atoms with Crippen LogP contribution in [0.4, 0.5) is 0 Å². The number of carbonyl (C=O) groups excluding carboxylic acids is 1. The van der Waals surface area contributed by atoms with Gasteiger partial charge in [-0.05, 0) is 13.3 Å². The molecule has 4 heteroatoms. The molecular formula is C10H19NO3. The maximum Gasteiger partial charge on any atom is 0.207 e. The maximum atomic E-state index is 10.8. The number of hydrogen-bond donors (Lipinski definition) is 0. The first kappa shape index (κ1) is 13.1. The van der Waals surface area contributed by atoms with Gasteiger partial charge in [0.1, 0.15) is 5.78 Å². The summed E-state index contributed by atoms with van der Waals surface area (Å²) in [6.07, 6.45) is 4.33. The molecule has 0 saturated carbocycles. The van der Waals surface area contributed by atoms with E-state index < -0.39 is 0 Å². The topological polar surface area (TPSA) is 60.2 Å². The van der Waals surface area contributed by atoms with Crippen LogP contribution < -0.4 is 0 Å². The molecule has 0 aromatic carbocycles. The Kier molecular flexibility index (Phi) is 6.98. The molecule has 0 aromatic heterocycles. The molecule has 0 bridgehead atoms. The highest BCUT2D eigenvalue weighted by atomic mass is 16.6. The normalized spacial score (nSPS) is 12.4. The van der Waals surface area contributed by atoms with Gasteiger partial charge in [0.05, 0.1) is 0 Å². The number of rotatable bonds is 8. The minimum absolute atomic E-state index is 0.0494. The van der Waals surface area contributed by atoms with Gasteiger partial charge in [-0.3, -0.25) is 10.1 Å². The molecule has 0 aromatic rings. The maximum absolute atomic E-state index is 10.8. The Balaban J connectivity index is 3.84. The minimum Gasteiger partial charge on any atom is -0.300 e. The first-order chi connectivity index (χ1) is 6.56. The molecule has 0 fully saturated rings. The Bertz CT molecular complexity index is 176. The molecule has 1 unspecified atom stereocenters. The van der Waals surface area contributed by atoms with Crippen LogP contribution in [0, 0.1) is 16.0 Å². The second-order valence-corrected chi connectivity index (χ2v) is 3.78. The second kappa shape index (κ2) is 7.47. The van der Waals surface area contributed by atoms with Crippen LogP contribution in [0.3, 0.4) is 0 Å². The quantitative estimate of drug-likeness (QED) is 0.344. The number of nitro groups is 1. The van der Waals surface area contributed by atoms with E-state index >= 15 is 0 Å². The molecule has 82 valence electrons. The largest absolute Gasteiger partial charge is 0.300 e. The first-order valence-electron chi connectivity index (χ1n) is 5.17. The lowest BCUT2D eigenvalue weighted by molar-refractivity contribution is -0.488. The van der Waals surface area contributed by atoms with Crippen molar-refractivity contribution in [2.75, 3.05) is 6.54 Å². The first-order valence-corrected chi connectivity index (χ1v) is 5.17. The molecule has 0 radical (unpaired) electrons. The zero-order valence-corrected chi connectivity index (χ0v) is 8.99. The highest BCUT2D eigenvalue weighted by Gasteiger charge is 2.16. The van der Waals surface area contributed by atoms with Crippen LogP contribution in [0.25, 0.3) is 0 Å². The summed E-state index contributed by atoms with van der Waals surface area (Å²) in [5.74, 6) is -0.0117. The fourth-order valence-corrected chi connectivity index (χ4v) is 1.56. The van der Waals surface area contributed by atoms with Crippen LogP contribution in [0.15, 0.2) is 0 Å². The monoisotopic (exact) mass is 201 g/mol. The van der Waals surface area contributed by atoms with Gasteiger partial charge < -0.3 is 4.79 Å². The fourth-order valence-electron chi connectivity index (χ4n) is 1.56. The van der Waals surface area contributed by atoms with Crippen LogP contribution in [0.1, 0.15) is 46.0 Å². The van der Waals surface area contributed by atoms with Gasteiger partial charge >= 0.3 is 0 Å². The molecule has 0 spiro atoms. The average molecular weight is 201 g/mol. The van der Waals surface area contributed by atoms with Crippen LogP contribution in [0.5, 0.6) is 0 Å². The molecule has 14 heavy (non-hydrogen) atoms. The van der Waals surface area contributed by atoms with Crippen molar-refractivity contribution in [2.45, 2.75) is 46.0 Å². The summed E-state index contributed by atoms with van der Waals surface area (Å²) in [7, 11) is 0. The fraction of sp³-hybridized carbons (Fsp3) is 0.900. The van der Waals surface area contributed by atoms with Crippen molar-refractivity contribution in [2.24, 2.45) is 5.92 Å². The van der Waals surface area contributed by atoms with Crippen molar-refractivity contribution in [1.82, 2.24) is 0 Å². The molecule has 1 atom stereocenters. The number of nitrogens with zero attached hydrogens (tertiary/aromatic N) is 1. The predicted molar refractivity (Wildman–Crippen MR) is 54.8 cm³/mol. The number of Topliss-reactive ketones (excluding diaryl/α,β-unsaturated/α-hetero) is 1. The number of unbranched alkanes of at least 4 members (excludes halogenated alkanes) is 2. The van der Waals surface area contributed by atoms with Crippen LogP contribution in [0.2, 0.25) is 0 Å². The molecule has 0 aliphatic heterocycles. The van der Waals surface area contributed by atoms with E-state index in [4.69, 9.17) is 0 Å². The molecule has 0 aliphatic rings. The van der Waals surface area contributed by atoms with E-state index in [1.54, 1.807) is 0 Å². The Morgan fingerprint density at radius 3 is 2.50 bits per heavy atom. The number of carbonyl (C=O) groups is 1. The van der Waals surface area contributed by atoms with Crippen LogP contribution in [-0.4, -0.2) is 17.3 Å². The molecular weight excluding hydrogens is 182 g/mol. The Hall–Kier alpha value is -0.930. The summed E-state index contributed by atoms with van der Waals surface area (Å²) in [4.78, 5) is 20.8. The molecule has 0 heterocycles. The lowest BCUT2D eigenvalue weighted by Crippen LogP contribution is -2.17. The summed E-state index contributed by atoms with van der Waals surface area (Å²) in [5, 5.41) is 10.3. The lowest BCUT2D eigenvalue weighted by atomic mass is 9.96. The Morgan fingerprint density at radius 1 is 1.43 bits per heavy atom. The van der Waals surface area contributed by atoms with E-state index in [0.29, 0.717) is 6.42 Å². The Morgan fingerprint density at radius 2 is 2.07 bits per heavy atom. The van der Waals surface area contributed by atoms with Crippen molar-refractivity contribution < 1.29 is 9.72 Å². The van der Waals surface area contributed by atoms with Gasteiger partial charge in [0.15, 0.2) is 0 Å². The van der Waals surface area contributed by atoms with Gasteiger partial charge in [0, 0.05) is 17.3 Å². The third kappa shape index (κ3) is 7.71. The smallest absolute Gasteiger partial charge is 0.207 e. The third-order valence-electron chi connectivity index (χ3n) is 2.20.